The Labute approximate surface area is 200 Å². The number of hydrogen-bond acceptors (Lipinski definition) is 5. The minimum absolute atomic E-state index is 0.182. The minimum Gasteiger partial charge on any atom is -0.445 e. The second-order valence-electron chi connectivity index (χ2n) is 8.23. The quantitative estimate of drug-likeness (QED) is 0.254. The molecule has 0 bridgehead atoms. The summed E-state index contributed by atoms with van der Waals surface area (Å²) in [4.78, 5) is 39.8. The zero-order valence-corrected chi connectivity index (χ0v) is 19.7. The van der Waals surface area contributed by atoms with Gasteiger partial charge in [-0.1, -0.05) is 43.2 Å². The van der Waals surface area contributed by atoms with E-state index in [9.17, 15) is 19.5 Å². The average Bonchev–Trinajstić information content (AvgIpc) is 3.37. The van der Waals surface area contributed by atoms with Crippen molar-refractivity contribution in [2.24, 2.45) is 0 Å². The SMILES string of the molecule is CC(O)CCCCCNC(=O)[C@H](CCCNC(=O)OCc1ccccc1)NC(=O)c1ccc[nH]1. The number of alkyl carbamates (subject to hydrolysis) is 1. The van der Waals surface area contributed by atoms with Crippen molar-refractivity contribution in [1.29, 1.82) is 0 Å². The summed E-state index contributed by atoms with van der Waals surface area (Å²) in [5.41, 5.74) is 1.27. The molecule has 0 saturated carbocycles. The van der Waals surface area contributed by atoms with Gasteiger partial charge in [0, 0.05) is 19.3 Å². The maximum atomic E-state index is 12.7. The summed E-state index contributed by atoms with van der Waals surface area (Å²) in [5, 5.41) is 17.6. The summed E-state index contributed by atoms with van der Waals surface area (Å²) >= 11 is 0. The predicted molar refractivity (Wildman–Crippen MR) is 129 cm³/mol. The van der Waals surface area contributed by atoms with Crippen LogP contribution in [0.25, 0.3) is 0 Å². The maximum absolute atomic E-state index is 12.7. The van der Waals surface area contributed by atoms with Crippen LogP contribution in [0.4, 0.5) is 4.79 Å². The summed E-state index contributed by atoms with van der Waals surface area (Å²) in [6.45, 7) is 2.75. The Morgan fingerprint density at radius 2 is 1.71 bits per heavy atom. The molecule has 9 heteroatoms. The molecule has 0 spiro atoms. The maximum Gasteiger partial charge on any atom is 0.407 e. The number of ether oxygens (including phenoxy) is 1. The Bertz CT molecular complexity index is 855. The lowest BCUT2D eigenvalue weighted by atomic mass is 10.1. The molecule has 2 aromatic rings. The molecule has 0 aliphatic carbocycles. The Morgan fingerprint density at radius 3 is 2.41 bits per heavy atom. The summed E-state index contributed by atoms with van der Waals surface area (Å²) in [6, 6.07) is 12.0. The summed E-state index contributed by atoms with van der Waals surface area (Å²) < 4.78 is 5.18. The second kappa shape index (κ2) is 15.5. The van der Waals surface area contributed by atoms with Crippen molar-refractivity contribution in [3.8, 4) is 0 Å². The second-order valence-corrected chi connectivity index (χ2v) is 8.23. The highest BCUT2D eigenvalue weighted by molar-refractivity contribution is 5.96. The van der Waals surface area contributed by atoms with Crippen molar-refractivity contribution < 1.29 is 24.2 Å². The van der Waals surface area contributed by atoms with E-state index < -0.39 is 12.1 Å². The highest BCUT2D eigenvalue weighted by atomic mass is 16.5. The zero-order chi connectivity index (χ0) is 24.6. The molecule has 2 rings (SSSR count). The fourth-order valence-corrected chi connectivity index (χ4v) is 3.32. The molecule has 3 amide bonds. The van der Waals surface area contributed by atoms with Gasteiger partial charge in [0.2, 0.25) is 5.91 Å². The fourth-order valence-electron chi connectivity index (χ4n) is 3.32. The lowest BCUT2D eigenvalue weighted by molar-refractivity contribution is -0.123. The standard InChI is InChI=1S/C25H36N4O5/c1-19(30)10-4-3-7-15-27-23(31)22(29-24(32)21-13-8-16-26-21)14-9-17-28-25(33)34-18-20-11-5-2-6-12-20/h2,5-6,8,11-13,16,19,22,26,30H,3-4,7,9-10,14-15,17-18H2,1H3,(H,27,31)(H,28,33)(H,29,32)/t19?,22-/m0/s1. The minimum atomic E-state index is -0.726. The molecule has 0 aliphatic heterocycles. The van der Waals surface area contributed by atoms with Gasteiger partial charge in [-0.05, 0) is 50.3 Å². The van der Waals surface area contributed by atoms with Gasteiger partial charge in [-0.2, -0.15) is 0 Å². The lowest BCUT2D eigenvalue weighted by Crippen LogP contribution is -2.47. The van der Waals surface area contributed by atoms with Crippen LogP contribution >= 0.6 is 0 Å². The Kier molecular flexibility index (Phi) is 12.3. The van der Waals surface area contributed by atoms with E-state index in [1.807, 2.05) is 30.3 Å². The molecule has 0 saturated heterocycles. The first kappa shape index (κ1) is 26.9. The van der Waals surface area contributed by atoms with Crippen molar-refractivity contribution in [3.63, 3.8) is 0 Å². The number of unbranched alkanes of at least 4 members (excludes halogenated alkanes) is 2. The van der Waals surface area contributed by atoms with Gasteiger partial charge in [-0.3, -0.25) is 9.59 Å². The van der Waals surface area contributed by atoms with E-state index in [0.29, 0.717) is 31.6 Å². The molecule has 0 aliphatic rings. The molecule has 186 valence electrons. The third-order valence-corrected chi connectivity index (χ3v) is 5.21. The highest BCUT2D eigenvalue weighted by Gasteiger charge is 2.21. The van der Waals surface area contributed by atoms with E-state index in [4.69, 9.17) is 4.74 Å². The number of carbonyl (C=O) groups is 3. The van der Waals surface area contributed by atoms with Gasteiger partial charge in [-0.15, -0.1) is 0 Å². The Hall–Kier alpha value is -3.33. The fraction of sp³-hybridized carbons (Fsp3) is 0.480. The number of H-pyrrole nitrogens is 1. The average molecular weight is 473 g/mol. The normalized spacial score (nSPS) is 12.4. The van der Waals surface area contributed by atoms with E-state index in [1.54, 1.807) is 25.3 Å². The largest absolute Gasteiger partial charge is 0.445 e. The van der Waals surface area contributed by atoms with Crippen LogP contribution < -0.4 is 16.0 Å². The van der Waals surface area contributed by atoms with E-state index in [2.05, 4.69) is 20.9 Å². The molecular weight excluding hydrogens is 436 g/mol. The van der Waals surface area contributed by atoms with Crippen LogP contribution in [0, 0.1) is 0 Å². The number of aliphatic hydroxyl groups excluding tert-OH is 1. The number of nitrogens with one attached hydrogen (secondary N) is 4. The lowest BCUT2D eigenvalue weighted by Gasteiger charge is -2.18. The zero-order valence-electron chi connectivity index (χ0n) is 19.7. The van der Waals surface area contributed by atoms with Crippen LogP contribution in [0.2, 0.25) is 0 Å². The molecule has 1 unspecified atom stereocenters. The van der Waals surface area contributed by atoms with Gasteiger partial charge < -0.3 is 30.8 Å². The third-order valence-electron chi connectivity index (χ3n) is 5.21. The van der Waals surface area contributed by atoms with E-state index in [0.717, 1.165) is 31.2 Å². The summed E-state index contributed by atoms with van der Waals surface area (Å²) in [7, 11) is 0. The van der Waals surface area contributed by atoms with Crippen molar-refractivity contribution >= 4 is 17.9 Å². The van der Waals surface area contributed by atoms with Crippen LogP contribution in [0.15, 0.2) is 48.7 Å². The molecule has 0 radical (unpaired) electrons. The van der Waals surface area contributed by atoms with Crippen LogP contribution in [-0.4, -0.2) is 53.2 Å². The number of aliphatic hydroxyl groups is 1. The van der Waals surface area contributed by atoms with Crippen molar-refractivity contribution in [1.82, 2.24) is 20.9 Å². The first-order chi connectivity index (χ1) is 16.5. The molecular formula is C25H36N4O5. The van der Waals surface area contributed by atoms with Gasteiger partial charge in [0.15, 0.2) is 0 Å². The third kappa shape index (κ3) is 11.0. The number of carbonyl (C=O) groups excluding carboxylic acids is 3. The molecule has 5 N–H and O–H groups in total. The molecule has 1 aromatic carbocycles. The highest BCUT2D eigenvalue weighted by Crippen LogP contribution is 2.05. The monoisotopic (exact) mass is 472 g/mol. The molecule has 1 aromatic heterocycles. The van der Waals surface area contributed by atoms with E-state index in [1.165, 1.54) is 0 Å². The van der Waals surface area contributed by atoms with Crippen molar-refractivity contribution in [2.75, 3.05) is 13.1 Å². The number of rotatable bonds is 15. The van der Waals surface area contributed by atoms with Crippen LogP contribution in [-0.2, 0) is 16.1 Å². The van der Waals surface area contributed by atoms with Crippen LogP contribution in [0.1, 0.15) is 61.5 Å². The van der Waals surface area contributed by atoms with Crippen molar-refractivity contribution in [2.45, 2.75) is 64.2 Å². The molecule has 9 nitrogen and oxygen atoms in total. The van der Waals surface area contributed by atoms with Gasteiger partial charge in [0.1, 0.15) is 18.3 Å². The van der Waals surface area contributed by atoms with Gasteiger partial charge in [-0.25, -0.2) is 4.79 Å². The van der Waals surface area contributed by atoms with E-state index >= 15 is 0 Å². The van der Waals surface area contributed by atoms with Gasteiger partial charge >= 0.3 is 6.09 Å². The molecule has 1 heterocycles. The van der Waals surface area contributed by atoms with Gasteiger partial charge in [0.25, 0.3) is 5.91 Å². The number of aromatic amines is 1. The van der Waals surface area contributed by atoms with Crippen LogP contribution in [0.3, 0.4) is 0 Å². The molecule has 34 heavy (non-hydrogen) atoms. The topological polar surface area (TPSA) is 133 Å². The van der Waals surface area contributed by atoms with Crippen LogP contribution in [0.5, 0.6) is 0 Å². The number of amides is 3. The Balaban J connectivity index is 1.74. The van der Waals surface area contributed by atoms with E-state index in [-0.39, 0.29) is 24.5 Å². The van der Waals surface area contributed by atoms with Crippen molar-refractivity contribution in [3.05, 3.63) is 59.9 Å². The molecule has 2 atom stereocenters. The summed E-state index contributed by atoms with van der Waals surface area (Å²) in [6.07, 6.45) is 4.98. The smallest absolute Gasteiger partial charge is 0.407 e. The number of hydrogen-bond donors (Lipinski definition) is 5. The Morgan fingerprint density at radius 1 is 0.941 bits per heavy atom. The first-order valence-corrected chi connectivity index (χ1v) is 11.8. The van der Waals surface area contributed by atoms with Gasteiger partial charge in [0.05, 0.1) is 6.10 Å². The number of aromatic nitrogens is 1. The predicted octanol–water partition coefficient (Wildman–Crippen LogP) is 2.88. The number of benzene rings is 1. The first-order valence-electron chi connectivity index (χ1n) is 11.8. The molecule has 0 fully saturated rings. The summed E-state index contributed by atoms with van der Waals surface area (Å²) in [5.74, 6) is -0.626.